The number of carbonyl (C=O) groups excluding carboxylic acids is 1. The van der Waals surface area contributed by atoms with Crippen molar-refractivity contribution < 1.29 is 9.90 Å². The third-order valence-electron chi connectivity index (χ3n) is 5.90. The smallest absolute Gasteiger partial charge is 0.191 e. The fourth-order valence-electron chi connectivity index (χ4n) is 3.42. The van der Waals surface area contributed by atoms with E-state index in [4.69, 9.17) is 10.8 Å². The number of Topliss-reactive ketones (excluding diaryl/α,β-unsaturated/α-hetero) is 1. The second kappa shape index (κ2) is 33.0. The number of nitrogens with zero attached hydrogens (tertiary/aromatic N) is 8. The number of anilines is 1. The zero-order valence-electron chi connectivity index (χ0n) is 29.2. The maximum atomic E-state index is 10.9. The van der Waals surface area contributed by atoms with Crippen molar-refractivity contribution in [1.82, 2.24) is 45.1 Å². The average molecular weight is 882 g/mol. The van der Waals surface area contributed by atoms with Gasteiger partial charge in [-0.3, -0.25) is 14.8 Å². The summed E-state index contributed by atoms with van der Waals surface area (Å²) in [5.41, 5.74) is 7.47. The van der Waals surface area contributed by atoms with E-state index in [0.717, 1.165) is 22.3 Å². The Hall–Kier alpha value is -3.87. The van der Waals surface area contributed by atoms with Crippen LogP contribution in [0.5, 0.6) is 0 Å². The van der Waals surface area contributed by atoms with Crippen LogP contribution in [0.4, 0.5) is 5.13 Å². The van der Waals surface area contributed by atoms with Crippen LogP contribution < -0.4 is 16.4 Å². The molecule has 13 nitrogen and oxygen atoms in total. The summed E-state index contributed by atoms with van der Waals surface area (Å²) in [5, 5.41) is 16.9. The molecule has 5 aromatic rings. The van der Waals surface area contributed by atoms with Crippen LogP contribution in [0, 0.1) is 0 Å². The van der Waals surface area contributed by atoms with Gasteiger partial charge in [0.25, 0.3) is 0 Å². The Kier molecular flexibility index (Phi) is 31.9. The van der Waals surface area contributed by atoms with Gasteiger partial charge in [-0.25, -0.2) is 24.9 Å². The van der Waals surface area contributed by atoms with Gasteiger partial charge in [0, 0.05) is 49.2 Å². The molecule has 0 aliphatic rings. The van der Waals surface area contributed by atoms with Crippen molar-refractivity contribution in [3.05, 3.63) is 108 Å². The first kappa shape index (κ1) is 50.2. The first-order chi connectivity index (χ1) is 24.3. The molecule has 0 aliphatic carbocycles. The first-order valence-electron chi connectivity index (χ1n) is 15.8. The van der Waals surface area contributed by atoms with Crippen molar-refractivity contribution in [2.24, 2.45) is 5.73 Å². The lowest BCUT2D eigenvalue weighted by Gasteiger charge is -2.13. The second-order valence-electron chi connectivity index (χ2n) is 9.36. The number of hydrogen-bond donors (Lipinski definition) is 4. The summed E-state index contributed by atoms with van der Waals surface area (Å²) >= 11 is 9.21. The molecule has 5 N–H and O–H groups in total. The van der Waals surface area contributed by atoms with Gasteiger partial charge in [0.05, 0.1) is 24.1 Å². The van der Waals surface area contributed by atoms with E-state index in [2.05, 4.69) is 99.3 Å². The van der Waals surface area contributed by atoms with Crippen LogP contribution in [0.1, 0.15) is 57.3 Å². The van der Waals surface area contributed by atoms with Crippen LogP contribution in [-0.4, -0.2) is 87.4 Å². The maximum absolute atomic E-state index is 10.9. The Labute approximate surface area is 336 Å². The van der Waals surface area contributed by atoms with Gasteiger partial charge in [-0.05, 0) is 75.2 Å². The monoisotopic (exact) mass is 879 g/mol. The molecule has 0 amide bonds. The molecule has 0 aromatic carbocycles. The normalized spacial score (nSPS) is 9.21. The number of carbonyl (C=O) groups is 1. The van der Waals surface area contributed by atoms with E-state index in [-0.39, 0.29) is 41.9 Å². The Morgan fingerprint density at radius 2 is 1.31 bits per heavy atom. The molecule has 5 heterocycles. The third kappa shape index (κ3) is 23.6. The van der Waals surface area contributed by atoms with Crippen LogP contribution >= 0.6 is 56.5 Å². The number of thiazole rings is 1. The first-order valence-corrected chi connectivity index (χ1v) is 18.2. The van der Waals surface area contributed by atoms with Crippen LogP contribution in [0.2, 0.25) is 0 Å². The van der Waals surface area contributed by atoms with Crippen LogP contribution in [0.15, 0.2) is 91.1 Å². The molecule has 5 aromatic heterocycles. The molecule has 5 rings (SSSR count). The molecule has 0 saturated heterocycles. The summed E-state index contributed by atoms with van der Waals surface area (Å²) in [5.74, 6) is 1.44. The van der Waals surface area contributed by atoms with Crippen molar-refractivity contribution in [1.29, 1.82) is 0 Å². The molecule has 0 bridgehead atoms. The largest absolute Gasteiger partial charge is 0.397 e. The third-order valence-corrected chi connectivity index (χ3v) is 7.36. The lowest BCUT2D eigenvalue weighted by molar-refractivity contribution is 0.101. The quantitative estimate of drug-likeness (QED) is 0.0630. The molecule has 0 atom stereocenters. The second-order valence-corrected chi connectivity index (χ2v) is 11.2. The number of rotatable bonds is 11. The minimum atomic E-state index is 0. The summed E-state index contributed by atoms with van der Waals surface area (Å²) in [4.78, 5) is 42.1. The highest BCUT2D eigenvalue weighted by atomic mass is 79.9. The average Bonchev–Trinajstić information content (AvgIpc) is 3.65. The van der Waals surface area contributed by atoms with E-state index in [1.807, 2.05) is 23.6 Å². The highest BCUT2D eigenvalue weighted by Crippen LogP contribution is 2.23. The minimum absolute atomic E-state index is 0. The molecule has 0 saturated carbocycles. The minimum Gasteiger partial charge on any atom is -0.397 e. The number of alkyl halides is 1. The highest BCUT2D eigenvalue weighted by molar-refractivity contribution is 9.09. The van der Waals surface area contributed by atoms with Gasteiger partial charge in [-0.15, -0.1) is 28.3 Å². The van der Waals surface area contributed by atoms with Crippen molar-refractivity contribution in [3.63, 3.8) is 0 Å². The summed E-state index contributed by atoms with van der Waals surface area (Å²) in [6.45, 7) is 13.1. The predicted octanol–water partition coefficient (Wildman–Crippen LogP) is 6.64. The van der Waals surface area contributed by atoms with E-state index >= 15 is 0 Å². The number of pyridine rings is 2. The van der Waals surface area contributed by atoms with Crippen LogP contribution in [-0.2, 0) is 13.1 Å². The van der Waals surface area contributed by atoms with Crippen molar-refractivity contribution in [2.45, 2.75) is 48.2 Å². The molecule has 0 spiro atoms. The van der Waals surface area contributed by atoms with Gasteiger partial charge < -0.3 is 26.4 Å². The van der Waals surface area contributed by atoms with E-state index in [1.54, 1.807) is 85.8 Å². The molecular weight excluding hydrogens is 830 g/mol. The number of aliphatic hydroxyl groups is 1. The summed E-state index contributed by atoms with van der Waals surface area (Å²) < 4.78 is 0. The molecule has 0 aliphatic heterocycles. The van der Waals surface area contributed by atoms with Gasteiger partial charge in [-0.2, -0.15) is 0 Å². The molecule has 17 heteroatoms. The van der Waals surface area contributed by atoms with Gasteiger partial charge in [-0.1, -0.05) is 56.3 Å². The molecule has 0 fully saturated rings. The number of halogens is 2. The number of nitrogens with one attached hydrogen (secondary N) is 2. The summed E-state index contributed by atoms with van der Waals surface area (Å²) in [6, 6.07) is 14.6. The van der Waals surface area contributed by atoms with Crippen molar-refractivity contribution in [2.75, 3.05) is 36.9 Å². The van der Waals surface area contributed by atoms with E-state index in [1.165, 1.54) is 19.6 Å². The number of aliphatic hydroxyl groups excluding tert-OH is 1. The molecule has 0 unspecified atom stereocenters. The summed E-state index contributed by atoms with van der Waals surface area (Å²) in [7, 11) is 0. The fraction of sp³-hybridized carbons (Fsp3) is 0.343. The van der Waals surface area contributed by atoms with Crippen molar-refractivity contribution >= 4 is 72.5 Å². The number of hydrogen-bond acceptors (Lipinski definition) is 13. The SMILES string of the molecule is Br.C.CCN(CC)CC.CCO.NC(=S)NCc1ncccn1.O=C(CBr)c1ccccn1.c1ccc(-c2csc(NCc3ncccn3)n2)nc1. The maximum Gasteiger partial charge on any atom is 0.191 e. The van der Waals surface area contributed by atoms with Crippen LogP contribution in [0.3, 0.4) is 0 Å². The predicted molar refractivity (Wildman–Crippen MR) is 226 cm³/mol. The molecule has 0 radical (unpaired) electrons. The lowest BCUT2D eigenvalue weighted by atomic mass is 10.3. The fourth-order valence-corrected chi connectivity index (χ4v) is 4.48. The van der Waals surface area contributed by atoms with Gasteiger partial charge in [0.2, 0.25) is 0 Å². The van der Waals surface area contributed by atoms with E-state index < -0.39 is 0 Å². The standard InChI is InChI=1S/C13H11N5S.C7H6BrNO.C6H8N4S.C6H15N.C2H6O.CH4.BrH/c1-2-5-14-10(4-1)11-9-19-13(18-11)17-8-12-15-6-3-7-16-12;8-5-7(10)6-3-1-2-4-9-6;7-6(11)10-4-5-8-2-1-3-9-5;1-4-7(5-2)6-3;1-2-3;;/h1-7,9H,8H2,(H,17,18);1-4H,5H2;1-3H,4H2,(H3,7,10,11);4-6H2,1-3H3;3H,2H2,1H3;1H4;1H. The van der Waals surface area contributed by atoms with Gasteiger partial charge in [0.1, 0.15) is 23.0 Å². The topological polar surface area (TPSA) is 181 Å². The van der Waals surface area contributed by atoms with Crippen molar-refractivity contribution in [3.8, 4) is 11.4 Å². The zero-order chi connectivity index (χ0) is 36.8. The Balaban J connectivity index is 0. The van der Waals surface area contributed by atoms with E-state index in [0.29, 0.717) is 29.9 Å². The number of nitrogens with two attached hydrogens (primary N) is 1. The summed E-state index contributed by atoms with van der Waals surface area (Å²) in [6.07, 6.45) is 10.2. The zero-order valence-corrected chi connectivity index (χ0v) is 34.2. The Morgan fingerprint density at radius 1 is 0.808 bits per heavy atom. The number of aromatic nitrogens is 7. The molecule has 284 valence electrons. The number of thiocarbonyl (C=S) groups is 1. The van der Waals surface area contributed by atoms with Gasteiger partial charge >= 0.3 is 0 Å². The lowest BCUT2D eigenvalue weighted by Crippen LogP contribution is -2.29. The van der Waals surface area contributed by atoms with Gasteiger partial charge in [0.15, 0.2) is 16.0 Å². The Bertz CT molecular complexity index is 1550. The Morgan fingerprint density at radius 3 is 1.73 bits per heavy atom. The van der Waals surface area contributed by atoms with E-state index in [9.17, 15) is 4.79 Å². The molecular formula is C35H51Br2N11O2S2. The highest BCUT2D eigenvalue weighted by Gasteiger charge is 2.05. The van der Waals surface area contributed by atoms with Crippen LogP contribution in [0.25, 0.3) is 11.4 Å². The number of ketones is 1. The molecule has 52 heavy (non-hydrogen) atoms.